The fourth-order valence-corrected chi connectivity index (χ4v) is 3.60. The van der Waals surface area contributed by atoms with Crippen molar-refractivity contribution in [2.75, 3.05) is 24.7 Å². The first-order chi connectivity index (χ1) is 6.59. The maximum Gasteiger partial charge on any atom is 0.150 e. The van der Waals surface area contributed by atoms with E-state index in [1.54, 1.807) is 0 Å². The van der Waals surface area contributed by atoms with Gasteiger partial charge in [0.2, 0.25) is 0 Å². The third-order valence-corrected chi connectivity index (χ3v) is 4.75. The molecule has 0 aromatic carbocycles. The number of rotatable bonds is 4. The van der Waals surface area contributed by atoms with Crippen LogP contribution in [0.3, 0.4) is 0 Å². The Hall–Kier alpha value is -0.130. The van der Waals surface area contributed by atoms with Crippen molar-refractivity contribution in [2.24, 2.45) is 17.6 Å². The first-order valence-corrected chi connectivity index (χ1v) is 6.92. The fraction of sp³-hybridized carbons (Fsp3) is 1.00. The second-order valence-corrected chi connectivity index (χ2v) is 6.31. The monoisotopic (exact) mass is 221 g/mol. The van der Waals surface area contributed by atoms with Gasteiger partial charge in [-0.25, -0.2) is 8.42 Å². The molecule has 0 aliphatic carbocycles. The first-order valence-electron chi connectivity index (χ1n) is 5.10. The van der Waals surface area contributed by atoms with Crippen molar-refractivity contribution in [1.82, 2.24) is 0 Å². The van der Waals surface area contributed by atoms with Gasteiger partial charge in [0.1, 0.15) is 9.84 Å². The molecule has 14 heavy (non-hydrogen) atoms. The summed E-state index contributed by atoms with van der Waals surface area (Å²) in [6, 6.07) is 0. The van der Waals surface area contributed by atoms with Crippen LogP contribution in [0.5, 0.6) is 0 Å². The molecule has 1 atom stereocenters. The van der Waals surface area contributed by atoms with Crippen LogP contribution in [0.15, 0.2) is 0 Å². The van der Waals surface area contributed by atoms with Crippen molar-refractivity contribution in [3.05, 3.63) is 0 Å². The molecule has 0 aromatic heterocycles. The van der Waals surface area contributed by atoms with Crippen LogP contribution < -0.4 is 5.73 Å². The molecule has 1 aliphatic rings. The highest BCUT2D eigenvalue weighted by molar-refractivity contribution is 7.91. The van der Waals surface area contributed by atoms with E-state index in [2.05, 4.69) is 0 Å². The molecular weight excluding hydrogens is 202 g/mol. The van der Waals surface area contributed by atoms with E-state index in [9.17, 15) is 8.42 Å². The zero-order valence-electron chi connectivity index (χ0n) is 8.35. The summed E-state index contributed by atoms with van der Waals surface area (Å²) in [6.07, 6.45) is 2.17. The van der Waals surface area contributed by atoms with Crippen LogP contribution in [0, 0.1) is 11.8 Å². The zero-order valence-corrected chi connectivity index (χ0v) is 9.17. The molecule has 0 spiro atoms. The second kappa shape index (κ2) is 5.09. The van der Waals surface area contributed by atoms with Gasteiger partial charge in [-0.2, -0.15) is 0 Å². The summed E-state index contributed by atoms with van der Waals surface area (Å²) < 4.78 is 22.4. The lowest BCUT2D eigenvalue weighted by molar-refractivity contribution is 0.160. The molecule has 1 rings (SSSR count). The largest absolute Gasteiger partial charge is 0.396 e. The fourth-order valence-electron chi connectivity index (χ4n) is 2.07. The number of aliphatic hydroxyl groups excluding tert-OH is 1. The summed E-state index contributed by atoms with van der Waals surface area (Å²) in [5.74, 6) is 1.08. The first kappa shape index (κ1) is 11.9. The Morgan fingerprint density at radius 1 is 1.36 bits per heavy atom. The minimum Gasteiger partial charge on any atom is -0.396 e. The van der Waals surface area contributed by atoms with Crippen LogP contribution >= 0.6 is 0 Å². The lowest BCUT2D eigenvalue weighted by Crippen LogP contribution is -2.30. The summed E-state index contributed by atoms with van der Waals surface area (Å²) in [5.41, 5.74) is 5.44. The van der Waals surface area contributed by atoms with E-state index in [1.165, 1.54) is 0 Å². The third-order valence-electron chi connectivity index (χ3n) is 3.04. The number of sulfone groups is 1. The molecule has 0 saturated carbocycles. The van der Waals surface area contributed by atoms with Gasteiger partial charge in [0, 0.05) is 6.61 Å². The maximum absolute atomic E-state index is 11.2. The highest BCUT2D eigenvalue weighted by Gasteiger charge is 2.28. The van der Waals surface area contributed by atoms with Crippen LogP contribution in [0.4, 0.5) is 0 Å². The SMILES string of the molecule is NCCC(CO)C1CCS(=O)(=O)CC1. The number of aliphatic hydroxyl groups is 1. The predicted molar refractivity (Wildman–Crippen MR) is 55.6 cm³/mol. The summed E-state index contributed by atoms with van der Waals surface area (Å²) in [7, 11) is -2.79. The Kier molecular flexibility index (Phi) is 4.34. The van der Waals surface area contributed by atoms with E-state index in [4.69, 9.17) is 10.8 Å². The van der Waals surface area contributed by atoms with Crippen LogP contribution in [0.1, 0.15) is 19.3 Å². The van der Waals surface area contributed by atoms with Gasteiger partial charge in [0.05, 0.1) is 11.5 Å². The Balaban J connectivity index is 2.47. The molecule has 3 N–H and O–H groups in total. The molecule has 1 heterocycles. The quantitative estimate of drug-likeness (QED) is 0.687. The molecule has 84 valence electrons. The van der Waals surface area contributed by atoms with Crippen molar-refractivity contribution in [3.63, 3.8) is 0 Å². The molecule has 1 fully saturated rings. The lowest BCUT2D eigenvalue weighted by Gasteiger charge is -2.28. The van der Waals surface area contributed by atoms with Gasteiger partial charge in [-0.1, -0.05) is 0 Å². The molecule has 5 heteroatoms. The average molecular weight is 221 g/mol. The van der Waals surface area contributed by atoms with Gasteiger partial charge in [0.15, 0.2) is 0 Å². The van der Waals surface area contributed by atoms with E-state index in [-0.39, 0.29) is 24.0 Å². The Morgan fingerprint density at radius 3 is 2.36 bits per heavy atom. The number of hydrogen-bond donors (Lipinski definition) is 2. The van der Waals surface area contributed by atoms with Gasteiger partial charge in [-0.15, -0.1) is 0 Å². The van der Waals surface area contributed by atoms with Gasteiger partial charge < -0.3 is 10.8 Å². The van der Waals surface area contributed by atoms with Crippen molar-refractivity contribution in [2.45, 2.75) is 19.3 Å². The smallest absolute Gasteiger partial charge is 0.150 e. The van der Waals surface area contributed by atoms with Gasteiger partial charge in [-0.05, 0) is 37.6 Å². The normalized spacial score (nSPS) is 24.7. The average Bonchev–Trinajstić information content (AvgIpc) is 2.15. The molecule has 1 saturated heterocycles. The maximum atomic E-state index is 11.2. The number of nitrogens with two attached hydrogens (primary N) is 1. The van der Waals surface area contributed by atoms with Crippen LogP contribution in [-0.4, -0.2) is 38.2 Å². The molecule has 0 bridgehead atoms. The molecule has 0 amide bonds. The zero-order chi connectivity index (χ0) is 10.6. The van der Waals surface area contributed by atoms with Crippen LogP contribution in [0.25, 0.3) is 0 Å². The highest BCUT2D eigenvalue weighted by atomic mass is 32.2. The van der Waals surface area contributed by atoms with E-state index in [1.807, 2.05) is 0 Å². The second-order valence-electron chi connectivity index (χ2n) is 4.01. The molecular formula is C9H19NO3S. The van der Waals surface area contributed by atoms with Crippen molar-refractivity contribution >= 4 is 9.84 Å². The highest BCUT2D eigenvalue weighted by Crippen LogP contribution is 2.27. The lowest BCUT2D eigenvalue weighted by atomic mass is 9.86. The summed E-state index contributed by atoms with van der Waals surface area (Å²) in [5, 5.41) is 9.13. The molecule has 1 aliphatic heterocycles. The number of hydrogen-bond acceptors (Lipinski definition) is 4. The Bertz CT molecular complexity index is 249. The summed E-state index contributed by atoms with van der Waals surface area (Å²) in [6.45, 7) is 0.691. The predicted octanol–water partition coefficient (Wildman–Crippen LogP) is -0.232. The summed E-state index contributed by atoms with van der Waals surface area (Å²) in [4.78, 5) is 0. The summed E-state index contributed by atoms with van der Waals surface area (Å²) >= 11 is 0. The topological polar surface area (TPSA) is 80.4 Å². The van der Waals surface area contributed by atoms with Crippen molar-refractivity contribution in [1.29, 1.82) is 0 Å². The van der Waals surface area contributed by atoms with Crippen LogP contribution in [0.2, 0.25) is 0 Å². The third kappa shape index (κ3) is 3.22. The van der Waals surface area contributed by atoms with Crippen molar-refractivity contribution in [3.8, 4) is 0 Å². The minimum atomic E-state index is -2.79. The van der Waals surface area contributed by atoms with E-state index in [0.29, 0.717) is 25.3 Å². The van der Waals surface area contributed by atoms with E-state index < -0.39 is 9.84 Å². The van der Waals surface area contributed by atoms with E-state index in [0.717, 1.165) is 6.42 Å². The van der Waals surface area contributed by atoms with Gasteiger partial charge in [-0.3, -0.25) is 0 Å². The van der Waals surface area contributed by atoms with Crippen molar-refractivity contribution < 1.29 is 13.5 Å². The standard InChI is InChI=1S/C9H19NO3S/c10-4-1-9(7-11)8-2-5-14(12,13)6-3-8/h8-9,11H,1-7,10H2. The van der Waals surface area contributed by atoms with E-state index >= 15 is 0 Å². The van der Waals surface area contributed by atoms with Gasteiger partial charge in [0.25, 0.3) is 0 Å². The molecule has 1 unspecified atom stereocenters. The Labute approximate surface area is 85.4 Å². The molecule has 0 aromatic rings. The molecule has 4 nitrogen and oxygen atoms in total. The van der Waals surface area contributed by atoms with Gasteiger partial charge >= 0.3 is 0 Å². The van der Waals surface area contributed by atoms with Crippen LogP contribution in [-0.2, 0) is 9.84 Å². The minimum absolute atomic E-state index is 0.127. The Morgan fingerprint density at radius 2 is 1.93 bits per heavy atom. The molecule has 0 radical (unpaired) electrons.